The fraction of sp³-hybridized carbons (Fsp3) is 0.278. The number of methoxy groups -OCH3 is 2. The van der Waals surface area contributed by atoms with Crippen molar-refractivity contribution in [3.63, 3.8) is 0 Å². The first-order valence-corrected chi connectivity index (χ1v) is 14.9. The molecule has 3 aromatic rings. The van der Waals surface area contributed by atoms with Crippen LogP contribution in [0.15, 0.2) is 112 Å². The van der Waals surface area contributed by atoms with Crippen LogP contribution in [-0.2, 0) is 19.8 Å². The summed E-state index contributed by atoms with van der Waals surface area (Å²) in [5.74, 6) is 1.67. The molecule has 0 saturated carbocycles. The number of rotatable bonds is 12. The van der Waals surface area contributed by atoms with Gasteiger partial charge in [0.25, 0.3) is 0 Å². The molecular formula is C36H35N3O7. The molecule has 3 aliphatic rings. The average molecular weight is 622 g/mol. The molecule has 6 rings (SSSR count). The lowest BCUT2D eigenvalue weighted by atomic mass is 9.78. The van der Waals surface area contributed by atoms with Crippen molar-refractivity contribution in [2.75, 3.05) is 27.4 Å². The van der Waals surface area contributed by atoms with Gasteiger partial charge >= 0.3 is 6.03 Å². The highest BCUT2D eigenvalue weighted by molar-refractivity contribution is 6.35. The molecule has 3 aromatic carbocycles. The fourth-order valence-electron chi connectivity index (χ4n) is 6.16. The summed E-state index contributed by atoms with van der Waals surface area (Å²) in [7, 11) is 3.25. The molecule has 3 aliphatic heterocycles. The molecule has 2 amide bonds. The van der Waals surface area contributed by atoms with Crippen LogP contribution < -0.4 is 9.47 Å². The van der Waals surface area contributed by atoms with Crippen LogP contribution in [0.5, 0.6) is 11.5 Å². The van der Waals surface area contributed by atoms with Crippen LogP contribution in [0.4, 0.5) is 4.79 Å². The van der Waals surface area contributed by atoms with Gasteiger partial charge in [0.2, 0.25) is 0 Å². The predicted molar refractivity (Wildman–Crippen MR) is 174 cm³/mol. The quantitative estimate of drug-likeness (QED) is 0.223. The third kappa shape index (κ3) is 5.72. The van der Waals surface area contributed by atoms with Gasteiger partial charge in [-0.2, -0.15) is 9.98 Å². The molecule has 0 bridgehead atoms. The Hall–Kier alpha value is -4.74. The van der Waals surface area contributed by atoms with Crippen LogP contribution in [0, 0.1) is 6.92 Å². The van der Waals surface area contributed by atoms with Gasteiger partial charge in [0.1, 0.15) is 41.5 Å². The predicted octanol–water partition coefficient (Wildman–Crippen LogP) is 5.00. The molecule has 0 aromatic heterocycles. The third-order valence-corrected chi connectivity index (χ3v) is 8.34. The van der Waals surface area contributed by atoms with Crippen LogP contribution in [0.2, 0.25) is 0 Å². The van der Waals surface area contributed by atoms with Crippen molar-refractivity contribution in [2.24, 2.45) is 15.0 Å². The van der Waals surface area contributed by atoms with E-state index in [-0.39, 0.29) is 19.0 Å². The SMILES string of the molecule is C=CCO[C@H]1C(C2=NC(=O)N=C3N=CC=C32)O[C@H](COC(c2ccccc2)(c2ccc(OC)cc2)c2ccc(OC)cc2C)[C@@H]1O. The van der Waals surface area contributed by atoms with E-state index in [2.05, 4.69) is 21.6 Å². The van der Waals surface area contributed by atoms with Gasteiger partial charge in [-0.3, -0.25) is 0 Å². The number of aryl methyl sites for hydroxylation is 1. The monoisotopic (exact) mass is 621 g/mol. The second-order valence-corrected chi connectivity index (χ2v) is 11.0. The first kappa shape index (κ1) is 31.3. The molecular weight excluding hydrogens is 586 g/mol. The number of amides is 2. The Morgan fingerprint density at radius 2 is 1.70 bits per heavy atom. The van der Waals surface area contributed by atoms with Gasteiger partial charge in [0, 0.05) is 11.8 Å². The highest BCUT2D eigenvalue weighted by Gasteiger charge is 2.50. The maximum atomic E-state index is 12.4. The van der Waals surface area contributed by atoms with E-state index < -0.39 is 36.0 Å². The lowest BCUT2D eigenvalue weighted by Crippen LogP contribution is -2.42. The smallest absolute Gasteiger partial charge is 0.369 e. The standard InChI is InChI=1S/C36H35N3O7/c1-5-19-44-33-31(40)29(46-32(33)30-27-17-18-37-34(27)39-35(41)38-30)21-45-36(23-9-7-6-8-10-23,24-11-13-25(42-3)14-12-24)28-16-15-26(43-4)20-22(28)2/h5-18,20,29,31-33,40H,1,19,21H2,2-4H3/t29-,31+,32?,33-,36?/m1/s1. The zero-order valence-corrected chi connectivity index (χ0v) is 25.8. The van der Waals surface area contributed by atoms with Gasteiger partial charge in [-0.05, 0) is 59.5 Å². The summed E-state index contributed by atoms with van der Waals surface area (Å²) in [6, 6.07) is 22.8. The Kier molecular flexibility index (Phi) is 9.05. The molecule has 2 unspecified atom stereocenters. The molecule has 10 nitrogen and oxygen atoms in total. The third-order valence-electron chi connectivity index (χ3n) is 8.34. The second kappa shape index (κ2) is 13.3. The van der Waals surface area contributed by atoms with E-state index in [1.807, 2.05) is 79.7 Å². The second-order valence-electron chi connectivity index (χ2n) is 11.0. The minimum Gasteiger partial charge on any atom is -0.497 e. The fourth-order valence-corrected chi connectivity index (χ4v) is 6.16. The number of carbonyl (C=O) groups is 1. The van der Waals surface area contributed by atoms with E-state index in [0.717, 1.165) is 22.3 Å². The molecule has 3 heterocycles. The zero-order chi connectivity index (χ0) is 32.3. The minimum atomic E-state index is -1.14. The maximum Gasteiger partial charge on any atom is 0.369 e. The maximum absolute atomic E-state index is 12.4. The van der Waals surface area contributed by atoms with Crippen molar-refractivity contribution in [1.29, 1.82) is 0 Å². The summed E-state index contributed by atoms with van der Waals surface area (Å²) in [4.78, 5) is 24.6. The Morgan fingerprint density at radius 1 is 0.978 bits per heavy atom. The molecule has 10 heteroatoms. The number of carbonyl (C=O) groups excluding carboxylic acids is 1. The number of ether oxygens (including phenoxy) is 5. The van der Waals surface area contributed by atoms with E-state index in [4.69, 9.17) is 23.7 Å². The molecule has 1 saturated heterocycles. The lowest BCUT2D eigenvalue weighted by Gasteiger charge is -2.38. The van der Waals surface area contributed by atoms with Crippen LogP contribution in [0.1, 0.15) is 22.3 Å². The van der Waals surface area contributed by atoms with E-state index in [1.165, 1.54) is 0 Å². The Bertz CT molecular complexity index is 1730. The molecule has 0 radical (unpaired) electrons. The van der Waals surface area contributed by atoms with Gasteiger partial charge in [0.15, 0.2) is 5.84 Å². The van der Waals surface area contributed by atoms with Gasteiger partial charge in [-0.1, -0.05) is 54.6 Å². The summed E-state index contributed by atoms with van der Waals surface area (Å²) < 4.78 is 30.5. The first-order chi connectivity index (χ1) is 22.4. The number of amidine groups is 1. The van der Waals surface area contributed by atoms with Crippen molar-refractivity contribution in [3.05, 3.63) is 119 Å². The first-order valence-electron chi connectivity index (χ1n) is 14.9. The van der Waals surface area contributed by atoms with Crippen molar-refractivity contribution in [3.8, 4) is 11.5 Å². The molecule has 236 valence electrons. The topological polar surface area (TPSA) is 121 Å². The number of allylic oxidation sites excluding steroid dienone is 1. The van der Waals surface area contributed by atoms with E-state index in [1.54, 1.807) is 32.6 Å². The van der Waals surface area contributed by atoms with Crippen molar-refractivity contribution in [2.45, 2.75) is 36.9 Å². The normalized spacial score (nSPS) is 23.2. The van der Waals surface area contributed by atoms with Crippen molar-refractivity contribution in [1.82, 2.24) is 0 Å². The number of hydrogen-bond acceptors (Lipinski definition) is 8. The number of aliphatic hydroxyl groups is 1. The number of aliphatic imine (C=N–C) groups is 3. The number of urea groups is 1. The van der Waals surface area contributed by atoms with Gasteiger partial charge in [-0.25, -0.2) is 9.79 Å². The number of aliphatic hydroxyl groups excluding tert-OH is 1. The van der Waals surface area contributed by atoms with Gasteiger partial charge < -0.3 is 28.8 Å². The van der Waals surface area contributed by atoms with E-state index >= 15 is 0 Å². The van der Waals surface area contributed by atoms with Crippen LogP contribution >= 0.6 is 0 Å². The highest BCUT2D eigenvalue weighted by Crippen LogP contribution is 2.44. The van der Waals surface area contributed by atoms with E-state index in [0.29, 0.717) is 22.8 Å². The number of benzene rings is 3. The molecule has 5 atom stereocenters. The summed E-state index contributed by atoms with van der Waals surface area (Å²) in [5.41, 5.74) is 3.25. The Morgan fingerprint density at radius 3 is 2.39 bits per heavy atom. The van der Waals surface area contributed by atoms with E-state index in [9.17, 15) is 9.90 Å². The Balaban J connectivity index is 1.41. The lowest BCUT2D eigenvalue weighted by molar-refractivity contribution is -0.0773. The molecule has 0 aliphatic carbocycles. The largest absolute Gasteiger partial charge is 0.497 e. The number of nitrogens with zero attached hydrogens (tertiary/aromatic N) is 3. The molecule has 0 spiro atoms. The number of fused-ring (bicyclic) bond motifs is 1. The van der Waals surface area contributed by atoms with Gasteiger partial charge in [0.05, 0.1) is 33.1 Å². The Labute approximate surface area is 267 Å². The van der Waals surface area contributed by atoms with Crippen LogP contribution in [-0.4, -0.2) is 80.7 Å². The molecule has 1 fully saturated rings. The molecule has 1 N–H and O–H groups in total. The summed E-state index contributed by atoms with van der Waals surface area (Å²) >= 11 is 0. The zero-order valence-electron chi connectivity index (χ0n) is 25.8. The highest BCUT2D eigenvalue weighted by atomic mass is 16.6. The number of hydrogen-bond donors (Lipinski definition) is 1. The summed E-state index contributed by atoms with van der Waals surface area (Å²) in [6.45, 7) is 5.86. The summed E-state index contributed by atoms with van der Waals surface area (Å²) in [6.07, 6.45) is 1.11. The molecule has 46 heavy (non-hydrogen) atoms. The van der Waals surface area contributed by atoms with Crippen molar-refractivity contribution >= 4 is 23.8 Å². The average Bonchev–Trinajstić information content (AvgIpc) is 3.68. The van der Waals surface area contributed by atoms with Gasteiger partial charge in [-0.15, -0.1) is 6.58 Å². The van der Waals surface area contributed by atoms with Crippen LogP contribution in [0.25, 0.3) is 0 Å². The van der Waals surface area contributed by atoms with Crippen LogP contribution in [0.3, 0.4) is 0 Å². The minimum absolute atomic E-state index is 0.0459. The summed E-state index contributed by atoms with van der Waals surface area (Å²) in [5, 5.41) is 11.7. The van der Waals surface area contributed by atoms with Crippen molar-refractivity contribution < 1.29 is 33.6 Å².